The number of morpholine rings is 1. The van der Waals surface area contributed by atoms with Gasteiger partial charge in [-0.15, -0.1) is 0 Å². The van der Waals surface area contributed by atoms with E-state index in [1.807, 2.05) is 6.92 Å². The maximum absolute atomic E-state index is 12.5. The predicted molar refractivity (Wildman–Crippen MR) is 75.0 cm³/mol. The molecule has 2 N–H and O–H groups in total. The summed E-state index contributed by atoms with van der Waals surface area (Å²) in [6, 6.07) is -0.351. The summed E-state index contributed by atoms with van der Waals surface area (Å²) in [4.78, 5) is 25.5. The summed E-state index contributed by atoms with van der Waals surface area (Å²) >= 11 is 0. The Labute approximate surface area is 124 Å². The fourth-order valence-electron chi connectivity index (χ4n) is 2.88. The predicted octanol–water partition coefficient (Wildman–Crippen LogP) is -0.297. The van der Waals surface area contributed by atoms with Crippen LogP contribution in [0.3, 0.4) is 0 Å². The monoisotopic (exact) mass is 300 g/mol. The van der Waals surface area contributed by atoms with Gasteiger partial charge >= 0.3 is 5.97 Å². The molecular formula is C14H24N2O5. The van der Waals surface area contributed by atoms with Crippen molar-refractivity contribution < 1.29 is 24.2 Å². The van der Waals surface area contributed by atoms with Crippen LogP contribution in [-0.4, -0.2) is 73.5 Å². The summed E-state index contributed by atoms with van der Waals surface area (Å²) in [7, 11) is 0. The molecule has 2 aliphatic heterocycles. The Morgan fingerprint density at radius 3 is 2.71 bits per heavy atom. The molecule has 0 aromatic rings. The number of carbonyl (C=O) groups is 2. The highest BCUT2D eigenvalue weighted by Gasteiger charge is 2.40. The van der Waals surface area contributed by atoms with Gasteiger partial charge in [0.05, 0.1) is 32.5 Å². The molecule has 0 aromatic carbocycles. The average molecular weight is 300 g/mol. The number of carbonyl (C=O) groups excluding carboxylic acids is 1. The second-order valence-electron chi connectivity index (χ2n) is 5.57. The van der Waals surface area contributed by atoms with Crippen LogP contribution in [-0.2, 0) is 19.1 Å². The maximum Gasteiger partial charge on any atom is 0.311 e. The third kappa shape index (κ3) is 4.15. The molecule has 2 fully saturated rings. The highest BCUT2D eigenvalue weighted by molar-refractivity contribution is 5.79. The Kier molecular flexibility index (Phi) is 5.96. The first-order valence-corrected chi connectivity index (χ1v) is 7.54. The van der Waals surface area contributed by atoms with Crippen molar-refractivity contribution in [3.05, 3.63) is 0 Å². The number of nitrogens with zero attached hydrogens (tertiary/aromatic N) is 1. The van der Waals surface area contributed by atoms with Crippen molar-refractivity contribution >= 4 is 11.9 Å². The number of carboxylic acids is 1. The molecule has 21 heavy (non-hydrogen) atoms. The summed E-state index contributed by atoms with van der Waals surface area (Å²) < 4.78 is 10.6. The van der Waals surface area contributed by atoms with Gasteiger partial charge in [-0.25, -0.2) is 0 Å². The van der Waals surface area contributed by atoms with E-state index in [1.165, 1.54) is 0 Å². The average Bonchev–Trinajstić information content (AvgIpc) is 2.95. The quantitative estimate of drug-likeness (QED) is 0.700. The van der Waals surface area contributed by atoms with Crippen molar-refractivity contribution in [1.82, 2.24) is 10.2 Å². The van der Waals surface area contributed by atoms with Crippen molar-refractivity contribution in [3.63, 3.8) is 0 Å². The van der Waals surface area contributed by atoms with Crippen LogP contribution in [0.15, 0.2) is 0 Å². The van der Waals surface area contributed by atoms with Crippen molar-refractivity contribution in [2.45, 2.75) is 31.8 Å². The van der Waals surface area contributed by atoms with E-state index in [9.17, 15) is 14.7 Å². The van der Waals surface area contributed by atoms with Gasteiger partial charge < -0.3 is 24.8 Å². The summed E-state index contributed by atoms with van der Waals surface area (Å²) in [6.07, 6.45) is 1.13. The fraction of sp³-hybridized carbons (Fsp3) is 0.857. The lowest BCUT2D eigenvalue weighted by molar-refractivity contribution is -0.145. The molecule has 7 nitrogen and oxygen atoms in total. The smallest absolute Gasteiger partial charge is 0.311 e. The van der Waals surface area contributed by atoms with Crippen LogP contribution < -0.4 is 5.32 Å². The van der Waals surface area contributed by atoms with Gasteiger partial charge in [0.25, 0.3) is 0 Å². The van der Waals surface area contributed by atoms with Gasteiger partial charge in [0.1, 0.15) is 5.92 Å². The maximum atomic E-state index is 12.5. The van der Waals surface area contributed by atoms with E-state index < -0.39 is 11.9 Å². The van der Waals surface area contributed by atoms with Crippen molar-refractivity contribution in [2.75, 3.05) is 39.5 Å². The fourth-order valence-corrected chi connectivity index (χ4v) is 2.88. The molecule has 0 spiro atoms. The minimum Gasteiger partial charge on any atom is -0.481 e. The molecule has 3 unspecified atom stereocenters. The van der Waals surface area contributed by atoms with Crippen LogP contribution in [0.5, 0.6) is 0 Å². The minimum atomic E-state index is -0.898. The van der Waals surface area contributed by atoms with E-state index in [1.54, 1.807) is 4.90 Å². The summed E-state index contributed by atoms with van der Waals surface area (Å²) in [6.45, 7) is 4.96. The van der Waals surface area contributed by atoms with Crippen LogP contribution in [0.1, 0.15) is 19.8 Å². The molecule has 0 saturated carbocycles. The highest BCUT2D eigenvalue weighted by atomic mass is 16.5. The number of nitrogens with one attached hydrogen (secondary N) is 1. The van der Waals surface area contributed by atoms with E-state index in [-0.39, 0.29) is 24.6 Å². The number of rotatable bonds is 6. The van der Waals surface area contributed by atoms with E-state index in [0.717, 1.165) is 13.0 Å². The number of amides is 1. The largest absolute Gasteiger partial charge is 0.481 e. The number of ether oxygens (including phenoxy) is 2. The first kappa shape index (κ1) is 16.2. The van der Waals surface area contributed by atoms with E-state index in [2.05, 4.69) is 5.32 Å². The standard InChI is InChI=1S/C14H24N2O5/c1-2-4-16(12-9-21-8-11(12)14(18)19)13(17)6-10-7-20-5-3-15-10/h10-12,15H,2-9H2,1H3,(H,18,19). The van der Waals surface area contributed by atoms with Gasteiger partial charge in [-0.2, -0.15) is 0 Å². The Balaban J connectivity index is 1.99. The van der Waals surface area contributed by atoms with Gasteiger partial charge in [0.15, 0.2) is 0 Å². The molecule has 0 bridgehead atoms. The lowest BCUT2D eigenvalue weighted by Gasteiger charge is -2.32. The lowest BCUT2D eigenvalue weighted by Crippen LogP contribution is -2.50. The van der Waals surface area contributed by atoms with E-state index in [4.69, 9.17) is 9.47 Å². The van der Waals surface area contributed by atoms with Crippen LogP contribution >= 0.6 is 0 Å². The van der Waals surface area contributed by atoms with Crippen molar-refractivity contribution in [2.24, 2.45) is 5.92 Å². The lowest BCUT2D eigenvalue weighted by atomic mass is 10.0. The molecule has 0 radical (unpaired) electrons. The molecule has 1 amide bonds. The Morgan fingerprint density at radius 2 is 2.10 bits per heavy atom. The Bertz CT molecular complexity index is 370. The van der Waals surface area contributed by atoms with Crippen LogP contribution in [0.25, 0.3) is 0 Å². The first-order chi connectivity index (χ1) is 10.1. The highest BCUT2D eigenvalue weighted by Crippen LogP contribution is 2.21. The third-order valence-corrected chi connectivity index (χ3v) is 3.97. The van der Waals surface area contributed by atoms with Gasteiger partial charge in [0.2, 0.25) is 5.91 Å². The number of hydrogen-bond donors (Lipinski definition) is 2. The van der Waals surface area contributed by atoms with Crippen molar-refractivity contribution in [1.29, 1.82) is 0 Å². The second kappa shape index (κ2) is 7.72. The zero-order valence-electron chi connectivity index (χ0n) is 12.4. The van der Waals surface area contributed by atoms with Gasteiger partial charge in [-0.05, 0) is 6.42 Å². The third-order valence-electron chi connectivity index (χ3n) is 3.97. The van der Waals surface area contributed by atoms with E-state index >= 15 is 0 Å². The molecule has 7 heteroatoms. The van der Waals surface area contributed by atoms with Gasteiger partial charge in [0, 0.05) is 25.6 Å². The summed E-state index contributed by atoms with van der Waals surface area (Å²) in [5.74, 6) is -1.55. The van der Waals surface area contributed by atoms with E-state index in [0.29, 0.717) is 32.8 Å². The second-order valence-corrected chi connectivity index (χ2v) is 5.57. The molecule has 2 heterocycles. The normalized spacial score (nSPS) is 29.3. The van der Waals surface area contributed by atoms with Crippen LogP contribution in [0.4, 0.5) is 0 Å². The number of carboxylic acid groups (broad SMARTS) is 1. The molecule has 120 valence electrons. The summed E-state index contributed by atoms with van der Waals surface area (Å²) in [5, 5.41) is 12.5. The SMILES string of the molecule is CCCN(C(=O)CC1COCCN1)C1COCC1C(=O)O. The molecular weight excluding hydrogens is 276 g/mol. The molecule has 0 aliphatic carbocycles. The zero-order chi connectivity index (χ0) is 15.2. The minimum absolute atomic E-state index is 0.0104. The van der Waals surface area contributed by atoms with Gasteiger partial charge in [-0.1, -0.05) is 6.92 Å². The number of hydrogen-bond acceptors (Lipinski definition) is 5. The Morgan fingerprint density at radius 1 is 1.29 bits per heavy atom. The topological polar surface area (TPSA) is 88.1 Å². The molecule has 3 atom stereocenters. The van der Waals surface area contributed by atoms with Crippen LogP contribution in [0, 0.1) is 5.92 Å². The first-order valence-electron chi connectivity index (χ1n) is 7.54. The van der Waals surface area contributed by atoms with Gasteiger partial charge in [-0.3, -0.25) is 9.59 Å². The van der Waals surface area contributed by atoms with Crippen LogP contribution in [0.2, 0.25) is 0 Å². The zero-order valence-corrected chi connectivity index (χ0v) is 12.4. The molecule has 0 aromatic heterocycles. The Hall–Kier alpha value is -1.18. The summed E-state index contributed by atoms with van der Waals surface area (Å²) in [5.41, 5.74) is 0. The molecule has 2 rings (SSSR count). The molecule has 2 saturated heterocycles. The number of aliphatic carboxylic acids is 1. The molecule has 2 aliphatic rings. The van der Waals surface area contributed by atoms with Crippen molar-refractivity contribution in [3.8, 4) is 0 Å².